The number of hydrogen-bond donors (Lipinski definition) is 1. The molecule has 0 aliphatic carbocycles. The van der Waals surface area contributed by atoms with E-state index in [1.165, 1.54) is 45.2 Å². The van der Waals surface area contributed by atoms with Crippen LogP contribution in [0, 0.1) is 5.92 Å². The summed E-state index contributed by atoms with van der Waals surface area (Å²) in [6, 6.07) is 9.33. The standard InChI is InChI=1S/C17H27N/c1-3-16(4-2)17-7-5-6-15(13-17)12-14-8-10-18-11-9-14/h5-7,13-14,16,18H,3-4,8-12H2,1-2H3. The lowest BCUT2D eigenvalue weighted by molar-refractivity contribution is 0.372. The smallest absolute Gasteiger partial charge is 0.00462 e. The molecule has 1 saturated heterocycles. The second kappa shape index (κ2) is 6.94. The molecule has 0 radical (unpaired) electrons. The fraction of sp³-hybridized carbons (Fsp3) is 0.647. The van der Waals surface area contributed by atoms with Crippen LogP contribution in [0.1, 0.15) is 56.6 Å². The average molecular weight is 245 g/mol. The van der Waals surface area contributed by atoms with Crippen LogP contribution in [0.5, 0.6) is 0 Å². The molecule has 1 aliphatic rings. The van der Waals surface area contributed by atoms with E-state index in [0.717, 1.165) is 11.8 Å². The summed E-state index contributed by atoms with van der Waals surface area (Å²) in [6.45, 7) is 7.01. The number of hydrogen-bond acceptors (Lipinski definition) is 1. The SMILES string of the molecule is CCC(CC)c1cccc(CC2CCNCC2)c1. The molecule has 1 heterocycles. The first-order valence-corrected chi connectivity index (χ1v) is 7.63. The summed E-state index contributed by atoms with van der Waals surface area (Å²) in [5.74, 6) is 1.64. The number of piperidine rings is 1. The molecule has 18 heavy (non-hydrogen) atoms. The van der Waals surface area contributed by atoms with E-state index in [1.54, 1.807) is 11.1 Å². The van der Waals surface area contributed by atoms with E-state index in [0.29, 0.717) is 0 Å². The Morgan fingerprint density at radius 2 is 1.89 bits per heavy atom. The van der Waals surface area contributed by atoms with Crippen molar-refractivity contribution in [2.24, 2.45) is 5.92 Å². The molecule has 1 fully saturated rings. The van der Waals surface area contributed by atoms with Gasteiger partial charge in [0.15, 0.2) is 0 Å². The Morgan fingerprint density at radius 3 is 2.56 bits per heavy atom. The topological polar surface area (TPSA) is 12.0 Å². The van der Waals surface area contributed by atoms with E-state index >= 15 is 0 Å². The Hall–Kier alpha value is -0.820. The van der Waals surface area contributed by atoms with Gasteiger partial charge in [-0.3, -0.25) is 0 Å². The summed E-state index contributed by atoms with van der Waals surface area (Å²) >= 11 is 0. The van der Waals surface area contributed by atoms with Crippen LogP contribution in [0.25, 0.3) is 0 Å². The molecule has 0 unspecified atom stereocenters. The normalized spacial score (nSPS) is 17.3. The van der Waals surface area contributed by atoms with Crippen molar-refractivity contribution in [2.45, 2.75) is 51.9 Å². The minimum Gasteiger partial charge on any atom is -0.317 e. The Balaban J connectivity index is 2.01. The Labute approximate surface area is 112 Å². The van der Waals surface area contributed by atoms with Crippen molar-refractivity contribution < 1.29 is 0 Å². The minimum atomic E-state index is 0.748. The Morgan fingerprint density at radius 1 is 1.17 bits per heavy atom. The van der Waals surface area contributed by atoms with Crippen molar-refractivity contribution in [3.05, 3.63) is 35.4 Å². The van der Waals surface area contributed by atoms with Crippen LogP contribution in [0.4, 0.5) is 0 Å². The third-order valence-electron chi connectivity index (χ3n) is 4.39. The van der Waals surface area contributed by atoms with Crippen LogP contribution < -0.4 is 5.32 Å². The highest BCUT2D eigenvalue weighted by atomic mass is 14.9. The number of nitrogens with one attached hydrogen (secondary N) is 1. The minimum absolute atomic E-state index is 0.748. The number of benzene rings is 1. The van der Waals surface area contributed by atoms with Crippen LogP contribution in [-0.4, -0.2) is 13.1 Å². The molecule has 0 bridgehead atoms. The van der Waals surface area contributed by atoms with Crippen molar-refractivity contribution in [1.29, 1.82) is 0 Å². The first kappa shape index (κ1) is 13.6. The highest BCUT2D eigenvalue weighted by molar-refractivity contribution is 5.26. The van der Waals surface area contributed by atoms with Gasteiger partial charge in [0, 0.05) is 0 Å². The summed E-state index contributed by atoms with van der Waals surface area (Å²) in [5.41, 5.74) is 3.10. The van der Waals surface area contributed by atoms with Gasteiger partial charge in [0.25, 0.3) is 0 Å². The molecule has 1 aromatic rings. The van der Waals surface area contributed by atoms with Crippen molar-refractivity contribution in [3.63, 3.8) is 0 Å². The van der Waals surface area contributed by atoms with Gasteiger partial charge < -0.3 is 5.32 Å². The average Bonchev–Trinajstić information content (AvgIpc) is 2.42. The quantitative estimate of drug-likeness (QED) is 0.822. The van der Waals surface area contributed by atoms with Gasteiger partial charge in [-0.15, -0.1) is 0 Å². The van der Waals surface area contributed by atoms with Crippen LogP contribution >= 0.6 is 0 Å². The molecule has 100 valence electrons. The van der Waals surface area contributed by atoms with Crippen molar-refractivity contribution in [1.82, 2.24) is 5.32 Å². The zero-order valence-corrected chi connectivity index (χ0v) is 11.9. The van der Waals surface area contributed by atoms with Crippen LogP contribution in [-0.2, 0) is 6.42 Å². The molecule has 1 aromatic carbocycles. The largest absolute Gasteiger partial charge is 0.317 e. The predicted octanol–water partition coefficient (Wildman–Crippen LogP) is 4.13. The predicted molar refractivity (Wildman–Crippen MR) is 79.1 cm³/mol. The van der Waals surface area contributed by atoms with Crippen molar-refractivity contribution in [2.75, 3.05) is 13.1 Å². The summed E-state index contributed by atoms with van der Waals surface area (Å²) in [5, 5.41) is 3.45. The summed E-state index contributed by atoms with van der Waals surface area (Å²) in [6.07, 6.45) is 6.47. The van der Waals surface area contributed by atoms with E-state index in [-0.39, 0.29) is 0 Å². The monoisotopic (exact) mass is 245 g/mol. The molecule has 0 amide bonds. The van der Waals surface area contributed by atoms with Crippen molar-refractivity contribution in [3.8, 4) is 0 Å². The summed E-state index contributed by atoms with van der Waals surface area (Å²) < 4.78 is 0. The maximum absolute atomic E-state index is 3.45. The second-order valence-corrected chi connectivity index (χ2v) is 5.66. The van der Waals surface area contributed by atoms with Gasteiger partial charge in [-0.1, -0.05) is 38.1 Å². The highest BCUT2D eigenvalue weighted by Crippen LogP contribution is 2.25. The fourth-order valence-electron chi connectivity index (χ4n) is 3.15. The first-order chi connectivity index (χ1) is 8.83. The molecule has 1 heteroatoms. The zero-order valence-electron chi connectivity index (χ0n) is 11.9. The maximum Gasteiger partial charge on any atom is -0.00462 e. The van der Waals surface area contributed by atoms with Crippen LogP contribution in [0.15, 0.2) is 24.3 Å². The third-order valence-corrected chi connectivity index (χ3v) is 4.39. The van der Waals surface area contributed by atoms with Gasteiger partial charge in [0.2, 0.25) is 0 Å². The first-order valence-electron chi connectivity index (χ1n) is 7.63. The lowest BCUT2D eigenvalue weighted by Crippen LogP contribution is -2.28. The van der Waals surface area contributed by atoms with Gasteiger partial charge in [-0.05, 0) is 68.2 Å². The molecule has 0 atom stereocenters. The van der Waals surface area contributed by atoms with Gasteiger partial charge >= 0.3 is 0 Å². The van der Waals surface area contributed by atoms with Gasteiger partial charge in [0.05, 0.1) is 0 Å². The van der Waals surface area contributed by atoms with E-state index < -0.39 is 0 Å². The Bertz CT molecular complexity index is 348. The van der Waals surface area contributed by atoms with E-state index in [2.05, 4.69) is 43.4 Å². The van der Waals surface area contributed by atoms with Crippen LogP contribution in [0.2, 0.25) is 0 Å². The van der Waals surface area contributed by atoms with Gasteiger partial charge in [0.1, 0.15) is 0 Å². The van der Waals surface area contributed by atoms with Crippen molar-refractivity contribution >= 4 is 0 Å². The fourth-order valence-corrected chi connectivity index (χ4v) is 3.15. The lowest BCUT2D eigenvalue weighted by atomic mass is 9.88. The zero-order chi connectivity index (χ0) is 12.8. The van der Waals surface area contributed by atoms with Gasteiger partial charge in [-0.25, -0.2) is 0 Å². The molecule has 2 rings (SSSR count). The van der Waals surface area contributed by atoms with Gasteiger partial charge in [-0.2, -0.15) is 0 Å². The summed E-state index contributed by atoms with van der Waals surface area (Å²) in [4.78, 5) is 0. The van der Waals surface area contributed by atoms with E-state index in [9.17, 15) is 0 Å². The van der Waals surface area contributed by atoms with Crippen LogP contribution in [0.3, 0.4) is 0 Å². The molecule has 0 aromatic heterocycles. The Kier molecular flexibility index (Phi) is 5.25. The number of rotatable bonds is 5. The van der Waals surface area contributed by atoms with E-state index in [1.807, 2.05) is 0 Å². The second-order valence-electron chi connectivity index (χ2n) is 5.66. The molecule has 0 saturated carbocycles. The molecule has 1 nitrogen and oxygen atoms in total. The maximum atomic E-state index is 3.45. The molecule has 1 N–H and O–H groups in total. The third kappa shape index (κ3) is 3.58. The molecule has 0 spiro atoms. The lowest BCUT2D eigenvalue weighted by Gasteiger charge is -2.23. The molecular weight excluding hydrogens is 218 g/mol. The summed E-state index contributed by atoms with van der Waals surface area (Å²) in [7, 11) is 0. The van der Waals surface area contributed by atoms with E-state index in [4.69, 9.17) is 0 Å². The highest BCUT2D eigenvalue weighted by Gasteiger charge is 2.14. The molecular formula is C17H27N. The molecule has 1 aliphatic heterocycles.